The van der Waals surface area contributed by atoms with Crippen LogP contribution in [0, 0.1) is 0 Å². The monoisotopic (exact) mass is 1130 g/mol. The summed E-state index contributed by atoms with van der Waals surface area (Å²) in [6.45, 7) is 6.45. The Morgan fingerprint density at radius 3 is 0.753 bits per heavy atom. The van der Waals surface area contributed by atoms with Crippen molar-refractivity contribution in [2.45, 2.75) is 361 Å². The van der Waals surface area contributed by atoms with Gasteiger partial charge in [-0.2, -0.15) is 0 Å². The SMILES string of the molecule is CC/C=C\C/C=C\C/C=C\C/C=C\CCCCCCCCCCCCCCCCCCCCCCC(=O)OCC(COC(=O)CCCCCCCCCCCCCCCCC)OC(=O)CCCCCCC/C=C\C/C=C\C/C=C\CC. The second-order valence-corrected chi connectivity index (χ2v) is 23.4. The molecule has 0 aliphatic carbocycles. The fourth-order valence-electron chi connectivity index (χ4n) is 10.2. The molecule has 6 heteroatoms. The molecule has 81 heavy (non-hydrogen) atoms. The van der Waals surface area contributed by atoms with Crippen LogP contribution in [0.4, 0.5) is 0 Å². The van der Waals surface area contributed by atoms with Gasteiger partial charge < -0.3 is 14.2 Å². The minimum Gasteiger partial charge on any atom is -0.462 e. The average molecular weight is 1130 g/mol. The summed E-state index contributed by atoms with van der Waals surface area (Å²) in [6.07, 6.45) is 91.9. The van der Waals surface area contributed by atoms with Crippen LogP contribution in [0.25, 0.3) is 0 Å². The molecule has 0 heterocycles. The second-order valence-electron chi connectivity index (χ2n) is 23.4. The maximum Gasteiger partial charge on any atom is 0.306 e. The van der Waals surface area contributed by atoms with Crippen molar-refractivity contribution in [1.82, 2.24) is 0 Å². The van der Waals surface area contributed by atoms with Crippen LogP contribution in [-0.2, 0) is 28.6 Å². The molecule has 0 rings (SSSR count). The van der Waals surface area contributed by atoms with Crippen molar-refractivity contribution < 1.29 is 28.6 Å². The Bertz CT molecular complexity index is 1530. The number of esters is 3. The van der Waals surface area contributed by atoms with Gasteiger partial charge in [-0.05, 0) is 89.9 Å². The Morgan fingerprint density at radius 2 is 0.481 bits per heavy atom. The van der Waals surface area contributed by atoms with Crippen LogP contribution in [0.2, 0.25) is 0 Å². The molecular formula is C75H132O6. The summed E-state index contributed by atoms with van der Waals surface area (Å²) in [5.74, 6) is -0.874. The molecule has 0 amide bonds. The van der Waals surface area contributed by atoms with E-state index in [4.69, 9.17) is 14.2 Å². The predicted octanol–water partition coefficient (Wildman–Crippen LogP) is 24.2. The van der Waals surface area contributed by atoms with Crippen LogP contribution in [0.5, 0.6) is 0 Å². The van der Waals surface area contributed by atoms with E-state index in [0.29, 0.717) is 19.3 Å². The third kappa shape index (κ3) is 67.3. The van der Waals surface area contributed by atoms with Crippen molar-refractivity contribution in [3.63, 3.8) is 0 Å². The van der Waals surface area contributed by atoms with Gasteiger partial charge in [0.1, 0.15) is 13.2 Å². The van der Waals surface area contributed by atoms with Gasteiger partial charge in [0.2, 0.25) is 0 Å². The fourth-order valence-corrected chi connectivity index (χ4v) is 10.2. The molecule has 0 aromatic heterocycles. The van der Waals surface area contributed by atoms with E-state index in [2.05, 4.69) is 106 Å². The number of carbonyl (C=O) groups excluding carboxylic acids is 3. The molecule has 0 aliphatic rings. The van der Waals surface area contributed by atoms with Gasteiger partial charge in [0.25, 0.3) is 0 Å². The third-order valence-corrected chi connectivity index (χ3v) is 15.4. The molecule has 0 saturated carbocycles. The minimum atomic E-state index is -0.783. The van der Waals surface area contributed by atoms with E-state index < -0.39 is 6.10 Å². The molecule has 468 valence electrons. The Labute approximate surface area is 503 Å². The van der Waals surface area contributed by atoms with Crippen LogP contribution in [-0.4, -0.2) is 37.2 Å². The molecule has 6 nitrogen and oxygen atoms in total. The largest absolute Gasteiger partial charge is 0.462 e. The number of unbranched alkanes of at least 4 members (excludes halogenated alkanes) is 39. The number of hydrogen-bond donors (Lipinski definition) is 0. The normalized spacial score (nSPS) is 12.6. The zero-order valence-electron chi connectivity index (χ0n) is 53.8. The summed E-state index contributed by atoms with van der Waals surface area (Å²) < 4.78 is 17.0. The molecule has 0 fully saturated rings. The zero-order valence-corrected chi connectivity index (χ0v) is 53.8. The summed E-state index contributed by atoms with van der Waals surface area (Å²) in [5, 5.41) is 0. The number of rotatable bonds is 64. The van der Waals surface area contributed by atoms with Crippen molar-refractivity contribution >= 4 is 17.9 Å². The molecule has 1 unspecified atom stereocenters. The first-order chi connectivity index (χ1) is 40.0. The van der Waals surface area contributed by atoms with Crippen LogP contribution >= 0.6 is 0 Å². The van der Waals surface area contributed by atoms with Gasteiger partial charge in [0, 0.05) is 19.3 Å². The molecule has 0 spiro atoms. The Morgan fingerprint density at radius 1 is 0.259 bits per heavy atom. The smallest absolute Gasteiger partial charge is 0.306 e. The quantitative estimate of drug-likeness (QED) is 0.0261. The highest BCUT2D eigenvalue weighted by Crippen LogP contribution is 2.18. The summed E-state index contributed by atoms with van der Waals surface area (Å²) >= 11 is 0. The number of carbonyl (C=O) groups is 3. The molecule has 0 aliphatic heterocycles. The zero-order chi connectivity index (χ0) is 58.5. The highest BCUT2D eigenvalue weighted by atomic mass is 16.6. The van der Waals surface area contributed by atoms with Gasteiger partial charge >= 0.3 is 17.9 Å². The van der Waals surface area contributed by atoms with Crippen molar-refractivity contribution in [1.29, 1.82) is 0 Å². The van der Waals surface area contributed by atoms with Crippen LogP contribution in [0.15, 0.2) is 85.1 Å². The Hall–Kier alpha value is -3.41. The van der Waals surface area contributed by atoms with Crippen molar-refractivity contribution in [2.75, 3.05) is 13.2 Å². The lowest BCUT2D eigenvalue weighted by Gasteiger charge is -2.18. The first-order valence-electron chi connectivity index (χ1n) is 35.1. The fraction of sp³-hybridized carbons (Fsp3) is 0.773. The van der Waals surface area contributed by atoms with Crippen molar-refractivity contribution in [3.8, 4) is 0 Å². The summed E-state index contributed by atoms with van der Waals surface area (Å²) in [5.41, 5.74) is 0. The summed E-state index contributed by atoms with van der Waals surface area (Å²) in [7, 11) is 0. The lowest BCUT2D eigenvalue weighted by molar-refractivity contribution is -0.167. The van der Waals surface area contributed by atoms with Crippen molar-refractivity contribution in [3.05, 3.63) is 85.1 Å². The first kappa shape index (κ1) is 77.6. The van der Waals surface area contributed by atoms with Gasteiger partial charge in [-0.3, -0.25) is 14.4 Å². The summed E-state index contributed by atoms with van der Waals surface area (Å²) in [6, 6.07) is 0. The molecule has 1 atom stereocenters. The number of allylic oxidation sites excluding steroid dienone is 14. The molecule has 0 saturated heterocycles. The van der Waals surface area contributed by atoms with Gasteiger partial charge in [-0.1, -0.05) is 331 Å². The van der Waals surface area contributed by atoms with E-state index in [1.807, 2.05) is 0 Å². The molecule has 0 radical (unpaired) electrons. The maximum atomic E-state index is 12.9. The van der Waals surface area contributed by atoms with Gasteiger partial charge in [-0.25, -0.2) is 0 Å². The number of ether oxygens (including phenoxy) is 3. The van der Waals surface area contributed by atoms with E-state index in [-0.39, 0.29) is 31.1 Å². The van der Waals surface area contributed by atoms with E-state index >= 15 is 0 Å². The Balaban J connectivity index is 4.15. The molecule has 0 aromatic rings. The lowest BCUT2D eigenvalue weighted by atomic mass is 10.0. The van der Waals surface area contributed by atoms with Gasteiger partial charge in [0.05, 0.1) is 0 Å². The Kier molecular flexibility index (Phi) is 66.2. The topological polar surface area (TPSA) is 78.9 Å². The highest BCUT2D eigenvalue weighted by Gasteiger charge is 2.19. The second kappa shape index (κ2) is 69.1. The van der Waals surface area contributed by atoms with E-state index in [9.17, 15) is 14.4 Å². The molecule has 0 N–H and O–H groups in total. The van der Waals surface area contributed by atoms with E-state index in [1.165, 1.54) is 193 Å². The van der Waals surface area contributed by atoms with Gasteiger partial charge in [0.15, 0.2) is 6.10 Å². The molecular weight excluding hydrogens is 997 g/mol. The van der Waals surface area contributed by atoms with Gasteiger partial charge in [-0.15, -0.1) is 0 Å². The highest BCUT2D eigenvalue weighted by molar-refractivity contribution is 5.71. The predicted molar refractivity (Wildman–Crippen MR) is 353 cm³/mol. The van der Waals surface area contributed by atoms with E-state index in [1.54, 1.807) is 0 Å². The molecule has 0 aromatic carbocycles. The summed E-state index contributed by atoms with van der Waals surface area (Å²) in [4.78, 5) is 38.4. The number of hydrogen-bond acceptors (Lipinski definition) is 6. The van der Waals surface area contributed by atoms with Crippen LogP contribution < -0.4 is 0 Å². The average Bonchev–Trinajstić information content (AvgIpc) is 3.47. The first-order valence-corrected chi connectivity index (χ1v) is 35.1. The van der Waals surface area contributed by atoms with Crippen LogP contribution in [0.3, 0.4) is 0 Å². The van der Waals surface area contributed by atoms with Crippen LogP contribution in [0.1, 0.15) is 355 Å². The standard InChI is InChI=1S/C75H132O6/c1-4-7-10-13-16-19-22-25-28-29-30-31-32-33-34-35-36-37-38-39-40-41-42-43-44-45-48-50-53-56-59-62-65-68-74(77)80-71-72(81-75(78)69-66-63-60-57-54-51-47-27-24-21-18-15-12-9-6-3)70-79-73(76)67-64-61-58-55-52-49-46-26-23-20-17-14-11-8-5-2/h7,9-10,12,16,18-19,21,25,27-28,30-31,47,72H,4-6,8,11,13-15,17,20,22-24,26,29,32-46,48-71H2,1-3H3/b10-7-,12-9-,19-16-,21-18-,28-25-,31-30-,47-27-. The van der Waals surface area contributed by atoms with Crippen molar-refractivity contribution in [2.24, 2.45) is 0 Å². The third-order valence-electron chi connectivity index (χ3n) is 15.4. The maximum absolute atomic E-state index is 12.9. The minimum absolute atomic E-state index is 0.0777. The molecule has 0 bridgehead atoms. The van der Waals surface area contributed by atoms with E-state index in [0.717, 1.165) is 122 Å². The lowest BCUT2D eigenvalue weighted by Crippen LogP contribution is -2.30.